The average molecular weight is 343 g/mol. The number of rotatable bonds is 3. The van der Waals surface area contributed by atoms with Crippen LogP contribution in [0.5, 0.6) is 5.75 Å². The van der Waals surface area contributed by atoms with Gasteiger partial charge < -0.3 is 14.6 Å². The van der Waals surface area contributed by atoms with Crippen LogP contribution in [-0.2, 0) is 15.7 Å². The summed E-state index contributed by atoms with van der Waals surface area (Å²) in [5.74, 6) is -1.27. The molecule has 0 heterocycles. The number of carbonyl (C=O) groups excluding carboxylic acids is 1. The lowest BCUT2D eigenvalue weighted by molar-refractivity contribution is -0.150. The van der Waals surface area contributed by atoms with Gasteiger partial charge in [-0.05, 0) is 12.1 Å². The van der Waals surface area contributed by atoms with Gasteiger partial charge in [0.1, 0.15) is 5.75 Å². The van der Waals surface area contributed by atoms with Gasteiger partial charge in [0.15, 0.2) is 6.10 Å². The Morgan fingerprint density at radius 1 is 1.37 bits per heavy atom. The van der Waals surface area contributed by atoms with Gasteiger partial charge in [0.05, 0.1) is 19.8 Å². The fourth-order valence-corrected chi connectivity index (χ4v) is 2.08. The van der Waals surface area contributed by atoms with Gasteiger partial charge in [-0.25, -0.2) is 4.79 Å². The fourth-order valence-electron chi connectivity index (χ4n) is 1.42. The minimum Gasteiger partial charge on any atom is -0.496 e. The number of carbonyl (C=O) groups is 1. The summed E-state index contributed by atoms with van der Waals surface area (Å²) in [5.41, 5.74) is -1.08. The maximum absolute atomic E-state index is 12.6. The molecule has 4 nitrogen and oxygen atoms in total. The zero-order valence-corrected chi connectivity index (χ0v) is 11.5. The highest BCUT2D eigenvalue weighted by atomic mass is 79.9. The van der Waals surface area contributed by atoms with Crippen molar-refractivity contribution in [2.75, 3.05) is 14.2 Å². The standard InChI is InChI=1S/C11H10BrF3O4/c1-18-7-4-5(11(13,14)15)3-6(12)8(7)9(16)10(17)19-2/h3-4,9,16H,1-2H3. The molecule has 19 heavy (non-hydrogen) atoms. The average Bonchev–Trinajstić information content (AvgIpc) is 2.34. The smallest absolute Gasteiger partial charge is 0.416 e. The summed E-state index contributed by atoms with van der Waals surface area (Å²) in [6.45, 7) is 0. The second-order valence-electron chi connectivity index (χ2n) is 3.50. The van der Waals surface area contributed by atoms with Crippen molar-refractivity contribution in [1.82, 2.24) is 0 Å². The van der Waals surface area contributed by atoms with E-state index in [-0.39, 0.29) is 15.8 Å². The van der Waals surface area contributed by atoms with Crippen molar-refractivity contribution < 1.29 is 32.5 Å². The molecule has 1 N–H and O–H groups in total. The normalized spacial score (nSPS) is 13.0. The molecule has 0 spiro atoms. The largest absolute Gasteiger partial charge is 0.496 e. The van der Waals surface area contributed by atoms with E-state index >= 15 is 0 Å². The van der Waals surface area contributed by atoms with Gasteiger partial charge in [0.2, 0.25) is 0 Å². The Bertz CT molecular complexity index is 488. The molecular formula is C11H10BrF3O4. The maximum atomic E-state index is 12.6. The van der Waals surface area contributed by atoms with Gasteiger partial charge >= 0.3 is 12.1 Å². The summed E-state index contributed by atoms with van der Waals surface area (Å²) >= 11 is 2.88. The predicted molar refractivity (Wildman–Crippen MR) is 62.7 cm³/mol. The summed E-state index contributed by atoms with van der Waals surface area (Å²) in [6.07, 6.45) is -6.30. The molecule has 1 unspecified atom stereocenters. The SMILES string of the molecule is COC(=O)C(O)c1c(Br)cc(C(F)(F)F)cc1OC. The van der Waals surface area contributed by atoms with Crippen molar-refractivity contribution in [2.45, 2.75) is 12.3 Å². The van der Waals surface area contributed by atoms with E-state index in [1.54, 1.807) is 0 Å². The molecule has 1 rings (SSSR count). The highest BCUT2D eigenvalue weighted by Crippen LogP contribution is 2.39. The maximum Gasteiger partial charge on any atom is 0.416 e. The van der Waals surface area contributed by atoms with Crippen LogP contribution < -0.4 is 4.74 Å². The van der Waals surface area contributed by atoms with Crippen molar-refractivity contribution in [2.24, 2.45) is 0 Å². The third-order valence-electron chi connectivity index (χ3n) is 2.34. The Labute approximate surface area is 115 Å². The van der Waals surface area contributed by atoms with Crippen LogP contribution in [0.25, 0.3) is 0 Å². The quantitative estimate of drug-likeness (QED) is 0.858. The summed E-state index contributed by atoms with van der Waals surface area (Å²) in [7, 11) is 2.19. The van der Waals surface area contributed by atoms with Crippen LogP contribution in [-0.4, -0.2) is 25.3 Å². The Morgan fingerprint density at radius 3 is 2.37 bits per heavy atom. The number of methoxy groups -OCH3 is 2. The van der Waals surface area contributed by atoms with Gasteiger partial charge in [0, 0.05) is 10.0 Å². The van der Waals surface area contributed by atoms with E-state index in [1.165, 1.54) is 0 Å². The van der Waals surface area contributed by atoms with Gasteiger partial charge in [-0.15, -0.1) is 0 Å². The molecule has 0 aliphatic rings. The molecule has 0 bridgehead atoms. The zero-order valence-electron chi connectivity index (χ0n) is 9.92. The van der Waals surface area contributed by atoms with E-state index in [0.717, 1.165) is 20.3 Å². The first-order valence-electron chi connectivity index (χ1n) is 4.93. The van der Waals surface area contributed by atoms with E-state index in [9.17, 15) is 23.1 Å². The van der Waals surface area contributed by atoms with Crippen LogP contribution in [0, 0.1) is 0 Å². The van der Waals surface area contributed by atoms with E-state index in [2.05, 4.69) is 20.7 Å². The molecule has 1 atom stereocenters. The molecule has 1 aromatic rings. The van der Waals surface area contributed by atoms with Crippen molar-refractivity contribution in [1.29, 1.82) is 0 Å². The number of hydrogen-bond donors (Lipinski definition) is 1. The third kappa shape index (κ3) is 3.38. The lowest BCUT2D eigenvalue weighted by Gasteiger charge is -2.17. The number of halogens is 4. The lowest BCUT2D eigenvalue weighted by Crippen LogP contribution is -2.16. The highest BCUT2D eigenvalue weighted by Gasteiger charge is 2.34. The summed E-state index contributed by atoms with van der Waals surface area (Å²) in [6, 6.07) is 1.45. The predicted octanol–water partition coefficient (Wildman–Crippen LogP) is 2.68. The first-order chi connectivity index (χ1) is 8.72. The number of aliphatic hydroxyl groups excluding tert-OH is 1. The lowest BCUT2D eigenvalue weighted by atomic mass is 10.0. The molecule has 106 valence electrons. The van der Waals surface area contributed by atoms with E-state index in [1.807, 2.05) is 0 Å². The van der Waals surface area contributed by atoms with Crippen LogP contribution in [0.15, 0.2) is 16.6 Å². The molecular weight excluding hydrogens is 333 g/mol. The molecule has 0 amide bonds. The van der Waals surface area contributed by atoms with Crippen LogP contribution >= 0.6 is 15.9 Å². The van der Waals surface area contributed by atoms with Crippen molar-refractivity contribution in [3.63, 3.8) is 0 Å². The number of benzene rings is 1. The molecule has 0 aromatic heterocycles. The Kier molecular flexibility index (Phi) is 4.81. The van der Waals surface area contributed by atoms with E-state index in [0.29, 0.717) is 6.07 Å². The fraction of sp³-hybridized carbons (Fsp3) is 0.364. The number of alkyl halides is 3. The minimum absolute atomic E-state index is 0.0999. The molecule has 0 radical (unpaired) electrons. The summed E-state index contributed by atoms with van der Waals surface area (Å²) < 4.78 is 46.8. The molecule has 0 aliphatic heterocycles. The van der Waals surface area contributed by atoms with Crippen molar-refractivity contribution in [3.8, 4) is 5.75 Å². The minimum atomic E-state index is -4.56. The number of esters is 1. The third-order valence-corrected chi connectivity index (χ3v) is 2.99. The first kappa shape index (κ1) is 15.8. The molecule has 0 aliphatic carbocycles. The number of hydrogen-bond acceptors (Lipinski definition) is 4. The van der Waals surface area contributed by atoms with Gasteiger partial charge in [-0.3, -0.25) is 0 Å². The van der Waals surface area contributed by atoms with Gasteiger partial charge in [-0.2, -0.15) is 13.2 Å². The first-order valence-corrected chi connectivity index (χ1v) is 5.72. The summed E-state index contributed by atoms with van der Waals surface area (Å²) in [5, 5.41) is 9.71. The Morgan fingerprint density at radius 2 is 1.95 bits per heavy atom. The molecule has 1 aromatic carbocycles. The van der Waals surface area contributed by atoms with Crippen LogP contribution in [0.1, 0.15) is 17.2 Å². The van der Waals surface area contributed by atoms with Crippen LogP contribution in [0.2, 0.25) is 0 Å². The highest BCUT2D eigenvalue weighted by molar-refractivity contribution is 9.10. The molecule has 0 saturated carbocycles. The van der Waals surface area contributed by atoms with Crippen LogP contribution in [0.3, 0.4) is 0 Å². The molecule has 8 heteroatoms. The molecule has 0 saturated heterocycles. The van der Waals surface area contributed by atoms with Gasteiger partial charge in [-0.1, -0.05) is 15.9 Å². The van der Waals surface area contributed by atoms with Crippen molar-refractivity contribution >= 4 is 21.9 Å². The van der Waals surface area contributed by atoms with Crippen molar-refractivity contribution in [3.05, 3.63) is 27.7 Å². The number of ether oxygens (including phenoxy) is 2. The topological polar surface area (TPSA) is 55.8 Å². The molecule has 0 fully saturated rings. The van der Waals surface area contributed by atoms with E-state index < -0.39 is 23.8 Å². The Hall–Kier alpha value is -1.28. The zero-order chi connectivity index (χ0) is 14.8. The number of aliphatic hydroxyl groups is 1. The van der Waals surface area contributed by atoms with Gasteiger partial charge in [0.25, 0.3) is 0 Å². The monoisotopic (exact) mass is 342 g/mol. The Balaban J connectivity index is 3.38. The van der Waals surface area contributed by atoms with Crippen LogP contribution in [0.4, 0.5) is 13.2 Å². The van der Waals surface area contributed by atoms with E-state index in [4.69, 9.17) is 4.74 Å². The second-order valence-corrected chi connectivity index (χ2v) is 4.35. The summed E-state index contributed by atoms with van der Waals surface area (Å²) in [4.78, 5) is 11.2. The second kappa shape index (κ2) is 5.79.